The molecule has 106 valence electrons. The third-order valence-corrected chi connectivity index (χ3v) is 4.10. The molecular formula is C14H19Cl2NO2. The minimum atomic E-state index is -0.0411. The van der Waals surface area contributed by atoms with E-state index in [-0.39, 0.29) is 11.5 Å². The molecule has 0 saturated heterocycles. The molecule has 0 heterocycles. The lowest BCUT2D eigenvalue weighted by Gasteiger charge is -2.34. The first-order chi connectivity index (χ1) is 9.15. The van der Waals surface area contributed by atoms with Gasteiger partial charge >= 0.3 is 0 Å². The molecule has 19 heavy (non-hydrogen) atoms. The summed E-state index contributed by atoms with van der Waals surface area (Å²) < 4.78 is 0. The molecule has 0 aromatic heterocycles. The van der Waals surface area contributed by atoms with Gasteiger partial charge in [0.15, 0.2) is 11.5 Å². The fourth-order valence-corrected chi connectivity index (χ4v) is 3.20. The zero-order chi connectivity index (χ0) is 13.8. The standard InChI is InChI=1S/C14H19Cl2NO2/c15-3-5-17(6-4-16)12-2-1-10-8-13(18)14(19)9-11(10)7-12/h8-9,12,18-19H,1-7H2. The molecule has 2 rings (SSSR count). The van der Waals surface area contributed by atoms with Crippen molar-refractivity contribution in [1.29, 1.82) is 0 Å². The molecule has 1 atom stereocenters. The second kappa shape index (κ2) is 6.69. The SMILES string of the molecule is Oc1cc2c(cc1O)CC(N(CCCl)CCCl)CC2. The lowest BCUT2D eigenvalue weighted by Crippen LogP contribution is -2.41. The molecule has 0 fully saturated rings. The second-order valence-electron chi connectivity index (χ2n) is 4.92. The first kappa shape index (κ1) is 14.8. The smallest absolute Gasteiger partial charge is 0.157 e. The minimum Gasteiger partial charge on any atom is -0.504 e. The van der Waals surface area contributed by atoms with Gasteiger partial charge in [0.05, 0.1) is 0 Å². The van der Waals surface area contributed by atoms with Crippen LogP contribution < -0.4 is 0 Å². The number of aryl methyl sites for hydroxylation is 1. The summed E-state index contributed by atoms with van der Waals surface area (Å²) in [5.41, 5.74) is 2.24. The Kier molecular flexibility index (Phi) is 5.20. The summed E-state index contributed by atoms with van der Waals surface area (Å²) in [4.78, 5) is 2.31. The van der Waals surface area contributed by atoms with E-state index in [2.05, 4.69) is 4.90 Å². The van der Waals surface area contributed by atoms with Crippen molar-refractivity contribution in [1.82, 2.24) is 4.90 Å². The maximum atomic E-state index is 9.60. The lowest BCUT2D eigenvalue weighted by atomic mass is 9.87. The van der Waals surface area contributed by atoms with Crippen LogP contribution in [-0.4, -0.2) is 46.0 Å². The summed E-state index contributed by atoms with van der Waals surface area (Å²) in [5, 5.41) is 19.1. The van der Waals surface area contributed by atoms with Crippen LogP contribution >= 0.6 is 23.2 Å². The van der Waals surface area contributed by atoms with Gasteiger partial charge in [-0.05, 0) is 42.5 Å². The van der Waals surface area contributed by atoms with E-state index in [0.717, 1.165) is 43.5 Å². The van der Waals surface area contributed by atoms with E-state index < -0.39 is 0 Å². The summed E-state index contributed by atoms with van der Waals surface area (Å²) in [6.07, 6.45) is 2.82. The van der Waals surface area contributed by atoms with Gasteiger partial charge in [0.25, 0.3) is 0 Å². The highest BCUT2D eigenvalue weighted by Crippen LogP contribution is 2.33. The maximum Gasteiger partial charge on any atom is 0.157 e. The normalized spacial score (nSPS) is 18.6. The highest BCUT2D eigenvalue weighted by Gasteiger charge is 2.24. The highest BCUT2D eigenvalue weighted by atomic mass is 35.5. The van der Waals surface area contributed by atoms with E-state index in [0.29, 0.717) is 17.8 Å². The molecule has 1 unspecified atom stereocenters. The Bertz CT molecular complexity index is 434. The number of rotatable bonds is 5. The van der Waals surface area contributed by atoms with Gasteiger partial charge in [-0.1, -0.05) is 0 Å². The van der Waals surface area contributed by atoms with Gasteiger partial charge in [0.1, 0.15) is 0 Å². The fraction of sp³-hybridized carbons (Fsp3) is 0.571. The van der Waals surface area contributed by atoms with Crippen LogP contribution in [0.1, 0.15) is 17.5 Å². The van der Waals surface area contributed by atoms with Gasteiger partial charge in [-0.25, -0.2) is 0 Å². The summed E-state index contributed by atoms with van der Waals surface area (Å²) in [5.74, 6) is 1.12. The third-order valence-electron chi connectivity index (χ3n) is 3.76. The minimum absolute atomic E-state index is 0.0319. The van der Waals surface area contributed by atoms with Crippen molar-refractivity contribution in [2.45, 2.75) is 25.3 Å². The van der Waals surface area contributed by atoms with Crippen LogP contribution in [0.3, 0.4) is 0 Å². The van der Waals surface area contributed by atoms with Crippen molar-refractivity contribution in [3.05, 3.63) is 23.3 Å². The monoisotopic (exact) mass is 303 g/mol. The summed E-state index contributed by atoms with van der Waals surface area (Å²) in [7, 11) is 0. The molecule has 1 aromatic carbocycles. The molecule has 5 heteroatoms. The van der Waals surface area contributed by atoms with Crippen molar-refractivity contribution in [3.8, 4) is 11.5 Å². The average Bonchev–Trinajstić information content (AvgIpc) is 2.39. The first-order valence-electron chi connectivity index (χ1n) is 6.55. The van der Waals surface area contributed by atoms with Gasteiger partial charge in [-0.3, -0.25) is 4.90 Å². The van der Waals surface area contributed by atoms with Crippen molar-refractivity contribution in [2.75, 3.05) is 24.8 Å². The Morgan fingerprint density at radius 3 is 2.21 bits per heavy atom. The third kappa shape index (κ3) is 3.47. The lowest BCUT2D eigenvalue weighted by molar-refractivity contribution is 0.201. The molecule has 0 spiro atoms. The number of aromatic hydroxyl groups is 2. The van der Waals surface area contributed by atoms with Crippen LogP contribution in [0.5, 0.6) is 11.5 Å². The van der Waals surface area contributed by atoms with Crippen LogP contribution in [0.25, 0.3) is 0 Å². The van der Waals surface area contributed by atoms with Crippen molar-refractivity contribution in [3.63, 3.8) is 0 Å². The second-order valence-corrected chi connectivity index (χ2v) is 5.68. The molecule has 2 N–H and O–H groups in total. The molecule has 3 nitrogen and oxygen atoms in total. The number of hydrogen-bond acceptors (Lipinski definition) is 3. The number of benzene rings is 1. The van der Waals surface area contributed by atoms with Crippen molar-refractivity contribution < 1.29 is 10.2 Å². The Hall–Kier alpha value is -0.640. The molecule has 0 saturated carbocycles. The Morgan fingerprint density at radius 1 is 1.05 bits per heavy atom. The van der Waals surface area contributed by atoms with Crippen LogP contribution in [0, 0.1) is 0 Å². The zero-order valence-corrected chi connectivity index (χ0v) is 12.3. The fourth-order valence-electron chi connectivity index (χ4n) is 2.77. The molecule has 0 radical (unpaired) electrons. The van der Waals surface area contributed by atoms with Crippen LogP contribution in [-0.2, 0) is 12.8 Å². The van der Waals surface area contributed by atoms with E-state index in [1.807, 2.05) is 0 Å². The quantitative estimate of drug-likeness (QED) is 0.649. The Labute approximate surface area is 123 Å². The van der Waals surface area contributed by atoms with E-state index in [4.69, 9.17) is 23.2 Å². The van der Waals surface area contributed by atoms with E-state index in [1.165, 1.54) is 0 Å². The Morgan fingerprint density at radius 2 is 1.63 bits per heavy atom. The van der Waals surface area contributed by atoms with Crippen LogP contribution in [0.4, 0.5) is 0 Å². The largest absolute Gasteiger partial charge is 0.504 e. The first-order valence-corrected chi connectivity index (χ1v) is 7.62. The molecule has 1 aliphatic rings. The summed E-state index contributed by atoms with van der Waals surface area (Å²) in [6.45, 7) is 1.66. The number of nitrogens with zero attached hydrogens (tertiary/aromatic N) is 1. The summed E-state index contributed by atoms with van der Waals surface area (Å²) >= 11 is 11.7. The number of alkyl halides is 2. The zero-order valence-electron chi connectivity index (χ0n) is 10.8. The van der Waals surface area contributed by atoms with Crippen LogP contribution in [0.2, 0.25) is 0 Å². The predicted molar refractivity (Wildman–Crippen MR) is 78.6 cm³/mol. The van der Waals surface area contributed by atoms with E-state index >= 15 is 0 Å². The number of halogens is 2. The molecule has 0 bridgehead atoms. The van der Waals surface area contributed by atoms with Gasteiger partial charge in [-0.2, -0.15) is 0 Å². The van der Waals surface area contributed by atoms with Crippen LogP contribution in [0.15, 0.2) is 12.1 Å². The number of hydrogen-bond donors (Lipinski definition) is 2. The van der Waals surface area contributed by atoms with Gasteiger partial charge in [0.2, 0.25) is 0 Å². The van der Waals surface area contributed by atoms with Gasteiger partial charge < -0.3 is 10.2 Å². The predicted octanol–water partition coefficient (Wildman–Crippen LogP) is 2.73. The van der Waals surface area contributed by atoms with Crippen molar-refractivity contribution in [2.24, 2.45) is 0 Å². The molecular weight excluding hydrogens is 285 g/mol. The number of fused-ring (bicyclic) bond motifs is 1. The molecule has 0 aliphatic heterocycles. The van der Waals surface area contributed by atoms with E-state index in [9.17, 15) is 10.2 Å². The molecule has 1 aromatic rings. The maximum absolute atomic E-state index is 9.60. The number of phenols is 2. The molecule has 0 amide bonds. The summed E-state index contributed by atoms with van der Waals surface area (Å²) in [6, 6.07) is 3.76. The van der Waals surface area contributed by atoms with Gasteiger partial charge in [-0.15, -0.1) is 23.2 Å². The van der Waals surface area contributed by atoms with Gasteiger partial charge in [0, 0.05) is 30.9 Å². The Balaban J connectivity index is 2.14. The highest BCUT2D eigenvalue weighted by molar-refractivity contribution is 6.18. The molecule has 1 aliphatic carbocycles. The topological polar surface area (TPSA) is 43.7 Å². The average molecular weight is 304 g/mol. The van der Waals surface area contributed by atoms with Crippen molar-refractivity contribution >= 4 is 23.2 Å². The van der Waals surface area contributed by atoms with E-state index in [1.54, 1.807) is 12.1 Å². The number of phenolic OH excluding ortho intramolecular Hbond substituents is 2.